The first-order valence-electron chi connectivity index (χ1n) is 6.74. The van der Waals surface area contributed by atoms with Crippen molar-refractivity contribution in [1.82, 2.24) is 0 Å². The van der Waals surface area contributed by atoms with Gasteiger partial charge in [-0.1, -0.05) is 32.0 Å². The number of hydrogen-bond acceptors (Lipinski definition) is 2. The van der Waals surface area contributed by atoms with Crippen LogP contribution in [-0.2, 0) is 6.61 Å². The molecule has 0 aromatic heterocycles. The van der Waals surface area contributed by atoms with Crippen LogP contribution in [0.2, 0.25) is 0 Å². The van der Waals surface area contributed by atoms with E-state index in [-0.39, 0.29) is 0 Å². The predicted octanol–water partition coefficient (Wildman–Crippen LogP) is 5.04. The number of rotatable bonds is 4. The standard InChI is InChI=1S/C17H20BrNO/c1-11(2)14-6-4-12(3)8-17(14)20-10-13-5-7-15(18)16(19)9-13/h4-9,11H,10,19H2,1-3H3. The van der Waals surface area contributed by atoms with Gasteiger partial charge in [0, 0.05) is 10.2 Å². The Morgan fingerprint density at radius 3 is 2.55 bits per heavy atom. The average Bonchev–Trinajstić information content (AvgIpc) is 2.40. The van der Waals surface area contributed by atoms with E-state index in [9.17, 15) is 0 Å². The minimum Gasteiger partial charge on any atom is -0.489 e. The number of benzene rings is 2. The average molecular weight is 334 g/mol. The quantitative estimate of drug-likeness (QED) is 0.795. The molecule has 20 heavy (non-hydrogen) atoms. The minimum absolute atomic E-state index is 0.445. The summed E-state index contributed by atoms with van der Waals surface area (Å²) in [6.45, 7) is 6.96. The zero-order valence-corrected chi connectivity index (χ0v) is 13.7. The van der Waals surface area contributed by atoms with Gasteiger partial charge in [0.2, 0.25) is 0 Å². The highest BCUT2D eigenvalue weighted by Crippen LogP contribution is 2.28. The summed E-state index contributed by atoms with van der Waals surface area (Å²) in [6.07, 6.45) is 0. The second-order valence-electron chi connectivity index (χ2n) is 5.34. The minimum atomic E-state index is 0.445. The molecule has 0 aliphatic rings. The molecular weight excluding hydrogens is 314 g/mol. The van der Waals surface area contributed by atoms with Gasteiger partial charge in [0.25, 0.3) is 0 Å². The first kappa shape index (κ1) is 14.9. The van der Waals surface area contributed by atoms with Crippen LogP contribution < -0.4 is 10.5 Å². The molecule has 2 N–H and O–H groups in total. The largest absolute Gasteiger partial charge is 0.489 e. The molecule has 0 unspecified atom stereocenters. The Morgan fingerprint density at radius 2 is 1.90 bits per heavy atom. The van der Waals surface area contributed by atoms with E-state index >= 15 is 0 Å². The molecule has 3 heteroatoms. The van der Waals surface area contributed by atoms with Gasteiger partial charge in [-0.15, -0.1) is 0 Å². The van der Waals surface area contributed by atoms with Crippen molar-refractivity contribution in [3.63, 3.8) is 0 Å². The molecule has 2 aromatic rings. The summed E-state index contributed by atoms with van der Waals surface area (Å²) < 4.78 is 6.91. The van der Waals surface area contributed by atoms with Crippen LogP contribution in [0.1, 0.15) is 36.5 Å². The van der Waals surface area contributed by atoms with Crippen molar-refractivity contribution in [3.8, 4) is 5.75 Å². The van der Waals surface area contributed by atoms with Crippen molar-refractivity contribution in [3.05, 3.63) is 57.6 Å². The summed E-state index contributed by atoms with van der Waals surface area (Å²) in [5.74, 6) is 1.40. The van der Waals surface area contributed by atoms with Crippen molar-refractivity contribution < 1.29 is 4.74 Å². The first-order chi connectivity index (χ1) is 9.47. The van der Waals surface area contributed by atoms with Gasteiger partial charge in [-0.2, -0.15) is 0 Å². The molecule has 106 valence electrons. The van der Waals surface area contributed by atoms with Gasteiger partial charge in [0.15, 0.2) is 0 Å². The molecule has 0 saturated heterocycles. The van der Waals surface area contributed by atoms with E-state index in [2.05, 4.69) is 54.9 Å². The Hall–Kier alpha value is -1.48. The Labute approximate surface area is 129 Å². The summed E-state index contributed by atoms with van der Waals surface area (Å²) in [6, 6.07) is 12.3. The molecule has 0 bridgehead atoms. The molecule has 0 atom stereocenters. The van der Waals surface area contributed by atoms with Gasteiger partial charge in [0.05, 0.1) is 0 Å². The van der Waals surface area contributed by atoms with Crippen LogP contribution in [-0.4, -0.2) is 0 Å². The normalized spacial score (nSPS) is 10.8. The zero-order chi connectivity index (χ0) is 14.7. The monoisotopic (exact) mass is 333 g/mol. The molecule has 0 spiro atoms. The number of ether oxygens (including phenoxy) is 1. The molecule has 0 fully saturated rings. The summed E-state index contributed by atoms with van der Waals surface area (Å²) in [5, 5.41) is 0. The number of anilines is 1. The van der Waals surface area contributed by atoms with Crippen LogP contribution >= 0.6 is 15.9 Å². The van der Waals surface area contributed by atoms with E-state index in [0.717, 1.165) is 21.5 Å². The lowest BCUT2D eigenvalue weighted by Gasteiger charge is -2.15. The maximum atomic E-state index is 5.99. The molecule has 2 aromatic carbocycles. The Balaban J connectivity index is 2.17. The van der Waals surface area contributed by atoms with Crippen molar-refractivity contribution >= 4 is 21.6 Å². The van der Waals surface area contributed by atoms with Crippen molar-refractivity contribution in [2.45, 2.75) is 33.3 Å². The Bertz CT molecular complexity index is 608. The lowest BCUT2D eigenvalue weighted by Crippen LogP contribution is -2.01. The van der Waals surface area contributed by atoms with Crippen LogP contribution in [0.25, 0.3) is 0 Å². The number of halogens is 1. The van der Waals surface area contributed by atoms with Gasteiger partial charge in [-0.3, -0.25) is 0 Å². The van der Waals surface area contributed by atoms with Crippen molar-refractivity contribution in [2.24, 2.45) is 0 Å². The molecule has 0 amide bonds. The number of aryl methyl sites for hydroxylation is 1. The molecular formula is C17H20BrNO. The molecule has 0 aliphatic heterocycles. The lowest BCUT2D eigenvalue weighted by molar-refractivity contribution is 0.301. The SMILES string of the molecule is Cc1ccc(C(C)C)c(OCc2ccc(Br)c(N)c2)c1. The molecule has 0 radical (unpaired) electrons. The second kappa shape index (κ2) is 6.31. The zero-order valence-electron chi connectivity index (χ0n) is 12.1. The second-order valence-corrected chi connectivity index (χ2v) is 6.19. The summed E-state index contributed by atoms with van der Waals surface area (Å²) in [5.41, 5.74) is 10.1. The fourth-order valence-electron chi connectivity index (χ4n) is 2.09. The van der Waals surface area contributed by atoms with Gasteiger partial charge < -0.3 is 10.5 Å². The first-order valence-corrected chi connectivity index (χ1v) is 7.54. The van der Waals surface area contributed by atoms with Crippen molar-refractivity contribution in [1.29, 1.82) is 0 Å². The lowest BCUT2D eigenvalue weighted by atomic mass is 10.0. The number of hydrogen-bond donors (Lipinski definition) is 1. The smallest absolute Gasteiger partial charge is 0.123 e. The molecule has 0 heterocycles. The highest BCUT2D eigenvalue weighted by molar-refractivity contribution is 9.10. The van der Waals surface area contributed by atoms with Gasteiger partial charge in [0.1, 0.15) is 12.4 Å². The summed E-state index contributed by atoms with van der Waals surface area (Å²) in [4.78, 5) is 0. The molecule has 2 rings (SSSR count). The van der Waals surface area contributed by atoms with E-state index in [0.29, 0.717) is 12.5 Å². The third-order valence-corrected chi connectivity index (χ3v) is 3.97. The third-order valence-electron chi connectivity index (χ3n) is 3.25. The van der Waals surface area contributed by atoms with Crippen LogP contribution in [0, 0.1) is 6.92 Å². The van der Waals surface area contributed by atoms with Crippen LogP contribution in [0.4, 0.5) is 5.69 Å². The fourth-order valence-corrected chi connectivity index (χ4v) is 2.33. The van der Waals surface area contributed by atoms with Crippen molar-refractivity contribution in [2.75, 3.05) is 5.73 Å². The van der Waals surface area contributed by atoms with Gasteiger partial charge in [-0.25, -0.2) is 0 Å². The maximum absolute atomic E-state index is 5.99. The fraction of sp³-hybridized carbons (Fsp3) is 0.294. The van der Waals surface area contributed by atoms with Crippen LogP contribution in [0.15, 0.2) is 40.9 Å². The summed E-state index contributed by atoms with van der Waals surface area (Å²) in [7, 11) is 0. The topological polar surface area (TPSA) is 35.2 Å². The number of nitrogens with two attached hydrogens (primary N) is 1. The van der Waals surface area contributed by atoms with E-state index in [1.54, 1.807) is 0 Å². The molecule has 2 nitrogen and oxygen atoms in total. The molecule has 0 saturated carbocycles. The highest BCUT2D eigenvalue weighted by Gasteiger charge is 2.08. The predicted molar refractivity (Wildman–Crippen MR) is 88.2 cm³/mol. The van der Waals surface area contributed by atoms with Gasteiger partial charge in [-0.05, 0) is 63.7 Å². The third kappa shape index (κ3) is 3.54. The highest BCUT2D eigenvalue weighted by atomic mass is 79.9. The number of nitrogen functional groups attached to an aromatic ring is 1. The molecule has 0 aliphatic carbocycles. The van der Waals surface area contributed by atoms with E-state index in [1.165, 1.54) is 11.1 Å². The van der Waals surface area contributed by atoms with Gasteiger partial charge >= 0.3 is 0 Å². The summed E-state index contributed by atoms with van der Waals surface area (Å²) >= 11 is 3.40. The Kier molecular flexibility index (Phi) is 4.71. The van der Waals surface area contributed by atoms with Crippen LogP contribution in [0.5, 0.6) is 5.75 Å². The van der Waals surface area contributed by atoms with Crippen LogP contribution in [0.3, 0.4) is 0 Å². The van der Waals surface area contributed by atoms with E-state index in [1.807, 2.05) is 18.2 Å². The maximum Gasteiger partial charge on any atom is 0.123 e. The van der Waals surface area contributed by atoms with E-state index in [4.69, 9.17) is 10.5 Å². The van der Waals surface area contributed by atoms with E-state index < -0.39 is 0 Å². The Morgan fingerprint density at radius 1 is 1.15 bits per heavy atom.